The van der Waals surface area contributed by atoms with Crippen LogP contribution in [0.5, 0.6) is 0 Å². The number of hydrogen-bond acceptors (Lipinski definition) is 2. The Hall–Kier alpha value is 0.670. The van der Waals surface area contributed by atoms with Gasteiger partial charge in [-0.05, 0) is 25.1 Å². The van der Waals surface area contributed by atoms with Crippen molar-refractivity contribution in [2.45, 2.75) is 17.4 Å². The summed E-state index contributed by atoms with van der Waals surface area (Å²) in [6.45, 7) is 1.78. The molecule has 0 aliphatic rings. The molecule has 0 bridgehead atoms. The zero-order valence-corrected chi connectivity index (χ0v) is 14.9. The molecule has 0 saturated carbocycles. The molecular formula is C10H11Br2Cl2NO2S. The van der Waals surface area contributed by atoms with Crippen LogP contribution in [0.15, 0.2) is 23.1 Å². The van der Waals surface area contributed by atoms with Crippen LogP contribution in [0.4, 0.5) is 0 Å². The van der Waals surface area contributed by atoms with Crippen LogP contribution in [-0.4, -0.2) is 24.6 Å². The molecule has 1 rings (SSSR count). The summed E-state index contributed by atoms with van der Waals surface area (Å²) in [6.07, 6.45) is 0. The number of hydrogen-bond donors (Lipinski definition) is 1. The van der Waals surface area contributed by atoms with Crippen molar-refractivity contribution in [2.75, 3.05) is 10.7 Å². The van der Waals surface area contributed by atoms with E-state index in [9.17, 15) is 8.42 Å². The summed E-state index contributed by atoms with van der Waals surface area (Å²) in [5.74, 6) is 0. The number of alkyl halides is 2. The summed E-state index contributed by atoms with van der Waals surface area (Å²) in [4.78, 5) is 0.0492. The Bertz CT molecular complexity index is 512. The summed E-state index contributed by atoms with van der Waals surface area (Å²) in [5.41, 5.74) is -0.631. The molecule has 102 valence electrons. The summed E-state index contributed by atoms with van der Waals surface area (Å²) in [7, 11) is -3.67. The minimum absolute atomic E-state index is 0.0492. The average Bonchev–Trinajstić information content (AvgIpc) is 2.27. The Morgan fingerprint density at radius 1 is 1.17 bits per heavy atom. The van der Waals surface area contributed by atoms with Gasteiger partial charge >= 0.3 is 0 Å². The van der Waals surface area contributed by atoms with Gasteiger partial charge in [-0.25, -0.2) is 13.1 Å². The molecule has 1 aromatic rings. The van der Waals surface area contributed by atoms with Crippen LogP contribution < -0.4 is 4.72 Å². The van der Waals surface area contributed by atoms with E-state index in [0.717, 1.165) is 0 Å². The van der Waals surface area contributed by atoms with Crippen LogP contribution in [0.3, 0.4) is 0 Å². The molecule has 0 aliphatic heterocycles. The van der Waals surface area contributed by atoms with Gasteiger partial charge in [-0.3, -0.25) is 0 Å². The van der Waals surface area contributed by atoms with E-state index in [2.05, 4.69) is 36.6 Å². The normalized spacial score (nSPS) is 12.7. The van der Waals surface area contributed by atoms with E-state index < -0.39 is 15.6 Å². The number of sulfonamides is 1. The smallest absolute Gasteiger partial charge is 0.207 e. The molecule has 0 saturated heterocycles. The van der Waals surface area contributed by atoms with E-state index in [1.165, 1.54) is 18.2 Å². The predicted molar refractivity (Wildman–Crippen MR) is 82.8 cm³/mol. The third kappa shape index (κ3) is 4.35. The van der Waals surface area contributed by atoms with Crippen LogP contribution in [0, 0.1) is 0 Å². The van der Waals surface area contributed by atoms with Crippen LogP contribution in [0.25, 0.3) is 0 Å². The Labute approximate surface area is 134 Å². The molecule has 3 nitrogen and oxygen atoms in total. The fourth-order valence-electron chi connectivity index (χ4n) is 1.16. The lowest BCUT2D eigenvalue weighted by Gasteiger charge is -2.26. The number of rotatable bonds is 5. The van der Waals surface area contributed by atoms with Crippen molar-refractivity contribution in [3.8, 4) is 0 Å². The largest absolute Gasteiger partial charge is 0.241 e. The molecule has 0 amide bonds. The zero-order valence-electron chi connectivity index (χ0n) is 9.38. The van der Waals surface area contributed by atoms with Gasteiger partial charge in [0.25, 0.3) is 0 Å². The molecule has 0 atom stereocenters. The zero-order chi connectivity index (χ0) is 14.0. The third-order valence-electron chi connectivity index (χ3n) is 2.12. The quantitative estimate of drug-likeness (QED) is 0.709. The SMILES string of the molecule is CC(CBr)(CBr)NS(=O)(=O)c1cc(Cl)cc(Cl)c1. The first-order chi connectivity index (χ1) is 8.22. The second-order valence-electron chi connectivity index (χ2n) is 4.04. The lowest BCUT2D eigenvalue weighted by atomic mass is 10.1. The van der Waals surface area contributed by atoms with Crippen LogP contribution >= 0.6 is 55.1 Å². The maximum absolute atomic E-state index is 12.2. The Morgan fingerprint density at radius 2 is 1.61 bits per heavy atom. The highest BCUT2D eigenvalue weighted by Crippen LogP contribution is 2.24. The highest BCUT2D eigenvalue weighted by Gasteiger charge is 2.29. The Morgan fingerprint density at radius 3 is 2.00 bits per heavy atom. The summed E-state index contributed by atoms with van der Waals surface area (Å²) < 4.78 is 27.0. The number of benzene rings is 1. The van der Waals surface area contributed by atoms with Crippen molar-refractivity contribution in [2.24, 2.45) is 0 Å². The van der Waals surface area contributed by atoms with Gasteiger partial charge in [0.05, 0.1) is 4.90 Å². The minimum atomic E-state index is -3.67. The first-order valence-corrected chi connectivity index (χ1v) is 9.33. The fourth-order valence-corrected chi connectivity index (χ4v) is 4.87. The first kappa shape index (κ1) is 16.7. The number of halogens is 4. The van der Waals surface area contributed by atoms with Gasteiger partial charge in [-0.15, -0.1) is 0 Å². The molecular weight excluding hydrogens is 429 g/mol. The van der Waals surface area contributed by atoms with Gasteiger partial charge in [-0.1, -0.05) is 55.1 Å². The standard InChI is InChI=1S/C10H11Br2Cl2NO2S/c1-10(5-11,6-12)15-18(16,17)9-3-7(13)2-8(14)4-9/h2-4,15H,5-6H2,1H3. The van der Waals surface area contributed by atoms with Gasteiger partial charge in [0.2, 0.25) is 10.0 Å². The van der Waals surface area contributed by atoms with Gasteiger partial charge in [0.1, 0.15) is 0 Å². The van der Waals surface area contributed by atoms with E-state index in [-0.39, 0.29) is 14.9 Å². The molecule has 0 aromatic heterocycles. The predicted octanol–water partition coefficient (Wildman–Crippen LogP) is 3.82. The number of nitrogens with one attached hydrogen (secondary N) is 1. The highest BCUT2D eigenvalue weighted by atomic mass is 79.9. The van der Waals surface area contributed by atoms with Crippen molar-refractivity contribution in [3.63, 3.8) is 0 Å². The van der Waals surface area contributed by atoms with E-state index in [1.54, 1.807) is 6.92 Å². The molecule has 0 spiro atoms. The average molecular weight is 440 g/mol. The molecule has 0 unspecified atom stereocenters. The van der Waals surface area contributed by atoms with Crippen LogP contribution in [-0.2, 0) is 10.0 Å². The highest BCUT2D eigenvalue weighted by molar-refractivity contribution is 9.09. The van der Waals surface area contributed by atoms with E-state index >= 15 is 0 Å². The summed E-state index contributed by atoms with van der Waals surface area (Å²) in [6, 6.07) is 4.20. The van der Waals surface area contributed by atoms with Crippen molar-refractivity contribution in [1.29, 1.82) is 0 Å². The topological polar surface area (TPSA) is 46.2 Å². The van der Waals surface area contributed by atoms with E-state index in [4.69, 9.17) is 23.2 Å². The monoisotopic (exact) mass is 437 g/mol. The van der Waals surface area contributed by atoms with Gasteiger partial charge in [0, 0.05) is 26.2 Å². The van der Waals surface area contributed by atoms with Gasteiger partial charge in [-0.2, -0.15) is 0 Å². The molecule has 0 fully saturated rings. The Kier molecular flexibility index (Phi) is 5.96. The maximum Gasteiger partial charge on any atom is 0.241 e. The van der Waals surface area contributed by atoms with Crippen molar-refractivity contribution < 1.29 is 8.42 Å². The molecule has 0 radical (unpaired) electrons. The van der Waals surface area contributed by atoms with Crippen molar-refractivity contribution in [1.82, 2.24) is 4.72 Å². The first-order valence-electron chi connectivity index (χ1n) is 4.84. The Balaban J connectivity index is 3.14. The lowest BCUT2D eigenvalue weighted by Crippen LogP contribution is -2.48. The molecule has 0 heterocycles. The maximum atomic E-state index is 12.2. The molecule has 1 aromatic carbocycles. The third-order valence-corrected chi connectivity index (χ3v) is 6.65. The van der Waals surface area contributed by atoms with Gasteiger partial charge in [0.15, 0.2) is 0 Å². The van der Waals surface area contributed by atoms with Gasteiger partial charge < -0.3 is 0 Å². The second-order valence-corrected chi connectivity index (χ2v) is 7.72. The van der Waals surface area contributed by atoms with E-state index in [0.29, 0.717) is 10.7 Å². The summed E-state index contributed by atoms with van der Waals surface area (Å²) >= 11 is 18.2. The van der Waals surface area contributed by atoms with Crippen molar-refractivity contribution >= 4 is 65.1 Å². The molecule has 1 N–H and O–H groups in total. The molecule has 0 aliphatic carbocycles. The van der Waals surface area contributed by atoms with Crippen LogP contribution in [0.2, 0.25) is 10.0 Å². The second kappa shape index (κ2) is 6.41. The van der Waals surface area contributed by atoms with E-state index in [1.807, 2.05) is 0 Å². The lowest BCUT2D eigenvalue weighted by molar-refractivity contribution is 0.509. The van der Waals surface area contributed by atoms with Crippen LogP contribution in [0.1, 0.15) is 6.92 Å². The molecule has 8 heteroatoms. The van der Waals surface area contributed by atoms with Crippen molar-refractivity contribution in [3.05, 3.63) is 28.2 Å². The fraction of sp³-hybridized carbons (Fsp3) is 0.400. The summed E-state index contributed by atoms with van der Waals surface area (Å²) in [5, 5.41) is 1.50. The minimum Gasteiger partial charge on any atom is -0.207 e. The molecule has 18 heavy (non-hydrogen) atoms.